The highest BCUT2D eigenvalue weighted by Gasteiger charge is 2.17. The molecule has 0 aliphatic carbocycles. The predicted octanol–water partition coefficient (Wildman–Crippen LogP) is 4.23. The lowest BCUT2D eigenvalue weighted by molar-refractivity contribution is -0.115. The Bertz CT molecular complexity index is 605. The molecule has 4 nitrogen and oxygen atoms in total. The number of amides is 1. The van der Waals surface area contributed by atoms with E-state index in [0.717, 1.165) is 10.7 Å². The summed E-state index contributed by atoms with van der Waals surface area (Å²) in [5, 5.41) is 6.44. The zero-order chi connectivity index (χ0) is 15.4. The Hall–Kier alpha value is -1.75. The second-order valence-corrected chi connectivity index (χ2v) is 6.75. The molecule has 112 valence electrons. The van der Waals surface area contributed by atoms with Crippen molar-refractivity contribution < 1.29 is 9.32 Å². The summed E-state index contributed by atoms with van der Waals surface area (Å²) in [6.45, 7) is 7.95. The van der Waals surface area contributed by atoms with Crippen LogP contribution in [0.1, 0.15) is 38.0 Å². The highest BCUT2D eigenvalue weighted by atomic mass is 32.2. The van der Waals surface area contributed by atoms with Gasteiger partial charge < -0.3 is 9.84 Å². The lowest BCUT2D eigenvalue weighted by Crippen LogP contribution is -2.22. The van der Waals surface area contributed by atoms with Gasteiger partial charge in [0.2, 0.25) is 5.91 Å². The fourth-order valence-electron chi connectivity index (χ4n) is 1.72. The van der Waals surface area contributed by atoms with Gasteiger partial charge in [-0.1, -0.05) is 36.7 Å². The Labute approximate surface area is 129 Å². The van der Waals surface area contributed by atoms with Crippen LogP contribution in [0.3, 0.4) is 0 Å². The number of aromatic nitrogens is 1. The fourth-order valence-corrected chi connectivity index (χ4v) is 2.59. The highest BCUT2D eigenvalue weighted by molar-refractivity contribution is 8.00. The Morgan fingerprint density at radius 1 is 1.24 bits per heavy atom. The standard InChI is InChI=1S/C16H20N2O2S/c1-10(2)14-9-15(18-20-14)17-16(19)12(4)21-13-7-5-11(3)6-8-13/h5-10,12H,1-4H3,(H,17,18,19). The summed E-state index contributed by atoms with van der Waals surface area (Å²) in [5.41, 5.74) is 1.21. The van der Waals surface area contributed by atoms with Crippen LogP contribution >= 0.6 is 11.8 Å². The molecule has 0 bridgehead atoms. The lowest BCUT2D eigenvalue weighted by Gasteiger charge is -2.10. The first-order valence-corrected chi connectivity index (χ1v) is 7.84. The summed E-state index contributed by atoms with van der Waals surface area (Å²) in [4.78, 5) is 13.2. The maximum atomic E-state index is 12.1. The van der Waals surface area contributed by atoms with Gasteiger partial charge in [-0.2, -0.15) is 0 Å². The number of thioether (sulfide) groups is 1. The lowest BCUT2D eigenvalue weighted by atomic mass is 10.2. The van der Waals surface area contributed by atoms with Crippen LogP contribution in [0.4, 0.5) is 5.82 Å². The Morgan fingerprint density at radius 2 is 1.90 bits per heavy atom. The van der Waals surface area contributed by atoms with E-state index in [1.807, 2.05) is 52.0 Å². The molecule has 1 aromatic carbocycles. The number of anilines is 1. The molecule has 21 heavy (non-hydrogen) atoms. The van der Waals surface area contributed by atoms with Gasteiger partial charge >= 0.3 is 0 Å². The molecular formula is C16H20N2O2S. The van der Waals surface area contributed by atoms with Gasteiger partial charge in [0.25, 0.3) is 0 Å². The average molecular weight is 304 g/mol. The third-order valence-corrected chi connectivity index (χ3v) is 4.16. The van der Waals surface area contributed by atoms with Crippen molar-refractivity contribution in [1.29, 1.82) is 0 Å². The van der Waals surface area contributed by atoms with Gasteiger partial charge in [-0.05, 0) is 26.0 Å². The molecule has 1 amide bonds. The number of hydrogen-bond donors (Lipinski definition) is 1. The molecule has 0 fully saturated rings. The predicted molar refractivity (Wildman–Crippen MR) is 85.7 cm³/mol. The van der Waals surface area contributed by atoms with Crippen LogP contribution in [0.25, 0.3) is 0 Å². The molecule has 0 spiro atoms. The maximum Gasteiger partial charge on any atom is 0.238 e. The number of aryl methyl sites for hydroxylation is 1. The molecule has 5 heteroatoms. The zero-order valence-corrected chi connectivity index (χ0v) is 13.5. The molecule has 0 saturated carbocycles. The minimum Gasteiger partial charge on any atom is -0.359 e. The van der Waals surface area contributed by atoms with Gasteiger partial charge in [-0.25, -0.2) is 0 Å². The van der Waals surface area contributed by atoms with Crippen molar-refractivity contribution in [2.45, 2.75) is 43.8 Å². The van der Waals surface area contributed by atoms with E-state index in [9.17, 15) is 4.79 Å². The van der Waals surface area contributed by atoms with Crippen molar-refractivity contribution in [1.82, 2.24) is 5.16 Å². The quantitative estimate of drug-likeness (QED) is 0.840. The third-order valence-electron chi connectivity index (χ3n) is 3.05. The molecule has 1 atom stereocenters. The number of rotatable bonds is 5. The number of benzene rings is 1. The van der Waals surface area contributed by atoms with Crippen molar-refractivity contribution in [2.75, 3.05) is 5.32 Å². The number of hydrogen-bond acceptors (Lipinski definition) is 4. The van der Waals surface area contributed by atoms with Crippen molar-refractivity contribution in [3.8, 4) is 0 Å². The summed E-state index contributed by atoms with van der Waals surface area (Å²) in [7, 11) is 0. The summed E-state index contributed by atoms with van der Waals surface area (Å²) < 4.78 is 5.17. The second kappa shape index (κ2) is 6.80. The van der Waals surface area contributed by atoms with Gasteiger partial charge in [-0.3, -0.25) is 4.79 Å². The first-order valence-electron chi connectivity index (χ1n) is 6.96. The van der Waals surface area contributed by atoms with Crippen molar-refractivity contribution >= 4 is 23.5 Å². The molecular weight excluding hydrogens is 284 g/mol. The van der Waals surface area contributed by atoms with E-state index in [1.54, 1.807) is 6.07 Å². The van der Waals surface area contributed by atoms with E-state index in [0.29, 0.717) is 5.82 Å². The van der Waals surface area contributed by atoms with Crippen LogP contribution < -0.4 is 5.32 Å². The zero-order valence-electron chi connectivity index (χ0n) is 12.7. The van der Waals surface area contributed by atoms with E-state index >= 15 is 0 Å². The minimum atomic E-state index is -0.202. The molecule has 0 aliphatic rings. The Balaban J connectivity index is 1.94. The number of carbonyl (C=O) groups excluding carboxylic acids is 1. The third kappa shape index (κ3) is 4.36. The molecule has 0 radical (unpaired) electrons. The molecule has 1 unspecified atom stereocenters. The molecule has 1 heterocycles. The maximum absolute atomic E-state index is 12.1. The van der Waals surface area contributed by atoms with Gasteiger partial charge in [-0.15, -0.1) is 11.8 Å². The summed E-state index contributed by atoms with van der Waals surface area (Å²) in [6, 6.07) is 9.90. The van der Waals surface area contributed by atoms with Crippen molar-refractivity contribution in [3.05, 3.63) is 41.7 Å². The highest BCUT2D eigenvalue weighted by Crippen LogP contribution is 2.25. The first-order chi connectivity index (χ1) is 9.95. The van der Waals surface area contributed by atoms with Crippen LogP contribution in [-0.2, 0) is 4.79 Å². The van der Waals surface area contributed by atoms with E-state index in [-0.39, 0.29) is 17.1 Å². The number of carbonyl (C=O) groups is 1. The van der Waals surface area contributed by atoms with E-state index in [4.69, 9.17) is 4.52 Å². The monoisotopic (exact) mass is 304 g/mol. The summed E-state index contributed by atoms with van der Waals surface area (Å²) >= 11 is 1.52. The van der Waals surface area contributed by atoms with Crippen LogP contribution in [0, 0.1) is 6.92 Å². The van der Waals surface area contributed by atoms with Crippen LogP contribution in [0.15, 0.2) is 39.8 Å². The smallest absolute Gasteiger partial charge is 0.238 e. The Morgan fingerprint density at radius 3 is 2.48 bits per heavy atom. The first kappa shape index (κ1) is 15.6. The van der Waals surface area contributed by atoms with Gasteiger partial charge in [0.1, 0.15) is 5.76 Å². The van der Waals surface area contributed by atoms with Gasteiger partial charge in [0, 0.05) is 16.9 Å². The summed E-state index contributed by atoms with van der Waals surface area (Å²) in [5.74, 6) is 1.41. The fraction of sp³-hybridized carbons (Fsp3) is 0.375. The van der Waals surface area contributed by atoms with Crippen LogP contribution in [0.2, 0.25) is 0 Å². The minimum absolute atomic E-state index is 0.0795. The molecule has 0 saturated heterocycles. The number of nitrogens with one attached hydrogen (secondary N) is 1. The van der Waals surface area contributed by atoms with E-state index in [2.05, 4.69) is 10.5 Å². The molecule has 1 aromatic heterocycles. The summed E-state index contributed by atoms with van der Waals surface area (Å²) in [6.07, 6.45) is 0. The molecule has 1 N–H and O–H groups in total. The largest absolute Gasteiger partial charge is 0.359 e. The topological polar surface area (TPSA) is 55.1 Å². The van der Waals surface area contributed by atoms with Crippen molar-refractivity contribution in [3.63, 3.8) is 0 Å². The average Bonchev–Trinajstić information content (AvgIpc) is 2.90. The normalized spacial score (nSPS) is 12.4. The Kier molecular flexibility index (Phi) is 5.07. The van der Waals surface area contributed by atoms with Gasteiger partial charge in [0.15, 0.2) is 5.82 Å². The molecule has 2 rings (SSSR count). The van der Waals surface area contributed by atoms with Gasteiger partial charge in [0.05, 0.1) is 5.25 Å². The van der Waals surface area contributed by atoms with Crippen LogP contribution in [0.5, 0.6) is 0 Å². The second-order valence-electron chi connectivity index (χ2n) is 5.33. The number of nitrogens with zero attached hydrogens (tertiary/aromatic N) is 1. The molecule has 2 aromatic rings. The van der Waals surface area contributed by atoms with E-state index in [1.165, 1.54) is 17.3 Å². The SMILES string of the molecule is Cc1ccc(SC(C)C(=O)Nc2cc(C(C)C)on2)cc1. The van der Waals surface area contributed by atoms with Crippen molar-refractivity contribution in [2.24, 2.45) is 0 Å². The molecule has 0 aliphatic heterocycles. The van der Waals surface area contributed by atoms with E-state index < -0.39 is 0 Å². The van der Waals surface area contributed by atoms with Crippen LogP contribution in [-0.4, -0.2) is 16.3 Å².